The van der Waals surface area contributed by atoms with Crippen LogP contribution >= 0.6 is 0 Å². The van der Waals surface area contributed by atoms with Gasteiger partial charge in [-0.2, -0.15) is 0 Å². The molecule has 7 heteroatoms. The van der Waals surface area contributed by atoms with Gasteiger partial charge in [0, 0.05) is 18.9 Å². The van der Waals surface area contributed by atoms with Gasteiger partial charge in [-0.25, -0.2) is 4.79 Å². The predicted octanol–water partition coefficient (Wildman–Crippen LogP) is 4.97. The van der Waals surface area contributed by atoms with E-state index in [1.165, 1.54) is 11.1 Å². The summed E-state index contributed by atoms with van der Waals surface area (Å²) in [5.74, 6) is -0.244. The average Bonchev–Trinajstić information content (AvgIpc) is 3.36. The van der Waals surface area contributed by atoms with Crippen LogP contribution in [0.5, 0.6) is 0 Å². The summed E-state index contributed by atoms with van der Waals surface area (Å²) in [6.45, 7) is 5.95. The number of hydrogen-bond acceptors (Lipinski definition) is 5. The van der Waals surface area contributed by atoms with Crippen molar-refractivity contribution in [3.63, 3.8) is 0 Å². The molecule has 0 aliphatic heterocycles. The van der Waals surface area contributed by atoms with E-state index in [4.69, 9.17) is 10.5 Å². The Bertz CT molecular complexity index is 889. The molecule has 1 aromatic rings. The van der Waals surface area contributed by atoms with E-state index >= 15 is 0 Å². The maximum absolute atomic E-state index is 13.4. The summed E-state index contributed by atoms with van der Waals surface area (Å²) in [6, 6.07) is 7.79. The number of alkyl carbamates (subject to hydrolysis) is 1. The molecule has 1 fully saturated rings. The molecule has 0 radical (unpaired) electrons. The number of carbonyl (C=O) groups excluding carboxylic acids is 3. The van der Waals surface area contributed by atoms with Crippen molar-refractivity contribution in [1.29, 1.82) is 0 Å². The highest BCUT2D eigenvalue weighted by molar-refractivity contribution is 5.90. The number of nitrogens with two attached hydrogens (primary N) is 1. The third-order valence-corrected chi connectivity index (χ3v) is 7.43. The zero-order chi connectivity index (χ0) is 26.1. The lowest BCUT2D eigenvalue weighted by Crippen LogP contribution is -2.41. The molecular weight excluding hydrogens is 454 g/mol. The molecule has 2 aliphatic rings. The molecule has 2 aliphatic carbocycles. The lowest BCUT2D eigenvalue weighted by molar-refractivity contribution is -0.131. The Kier molecular flexibility index (Phi) is 10.3. The van der Waals surface area contributed by atoms with Crippen LogP contribution in [0.1, 0.15) is 102 Å². The van der Waals surface area contributed by atoms with Crippen molar-refractivity contribution < 1.29 is 19.1 Å². The van der Waals surface area contributed by atoms with E-state index in [2.05, 4.69) is 22.8 Å². The van der Waals surface area contributed by atoms with Crippen molar-refractivity contribution in [3.8, 4) is 0 Å². The second-order valence-electron chi connectivity index (χ2n) is 11.5. The van der Waals surface area contributed by atoms with Gasteiger partial charge in [0.2, 0.25) is 5.91 Å². The van der Waals surface area contributed by atoms with Gasteiger partial charge in [0.1, 0.15) is 5.60 Å². The minimum absolute atomic E-state index is 0.00188. The number of nitrogens with one attached hydrogen (secondary N) is 2. The van der Waals surface area contributed by atoms with Crippen LogP contribution in [0.2, 0.25) is 0 Å². The van der Waals surface area contributed by atoms with E-state index in [0.717, 1.165) is 51.4 Å². The molecule has 3 rings (SSSR count). The normalized spacial score (nSPS) is 19.7. The fourth-order valence-electron chi connectivity index (χ4n) is 5.50. The number of hydrogen-bond donors (Lipinski definition) is 3. The summed E-state index contributed by atoms with van der Waals surface area (Å²) >= 11 is 0. The second-order valence-corrected chi connectivity index (χ2v) is 11.5. The molecule has 4 N–H and O–H groups in total. The summed E-state index contributed by atoms with van der Waals surface area (Å²) < 4.78 is 5.27. The Morgan fingerprint density at radius 3 is 2.50 bits per heavy atom. The molecule has 1 unspecified atom stereocenters. The van der Waals surface area contributed by atoms with Crippen LogP contribution in [-0.4, -0.2) is 36.0 Å². The number of rotatable bonds is 11. The molecule has 7 nitrogen and oxygen atoms in total. The van der Waals surface area contributed by atoms with Crippen LogP contribution in [0.3, 0.4) is 0 Å². The van der Waals surface area contributed by atoms with Gasteiger partial charge in [-0.3, -0.25) is 9.59 Å². The molecule has 0 spiro atoms. The zero-order valence-electron chi connectivity index (χ0n) is 22.3. The summed E-state index contributed by atoms with van der Waals surface area (Å²) in [5.41, 5.74) is 8.27. The Labute approximate surface area is 216 Å². The van der Waals surface area contributed by atoms with Crippen molar-refractivity contribution in [3.05, 3.63) is 35.4 Å². The first-order valence-electron chi connectivity index (χ1n) is 13.8. The van der Waals surface area contributed by atoms with E-state index in [-0.39, 0.29) is 30.1 Å². The number of Topliss-reactive ketones (excluding diaryl/α,β-unsaturated/α-hetero) is 1. The minimum atomic E-state index is -0.538. The summed E-state index contributed by atoms with van der Waals surface area (Å²) in [5, 5.41) is 6.02. The predicted molar refractivity (Wildman–Crippen MR) is 141 cm³/mol. The molecule has 0 aromatic heterocycles. The van der Waals surface area contributed by atoms with Crippen LogP contribution < -0.4 is 16.4 Å². The Morgan fingerprint density at radius 2 is 1.78 bits per heavy atom. The van der Waals surface area contributed by atoms with Gasteiger partial charge in [0.05, 0.1) is 12.1 Å². The molecule has 36 heavy (non-hydrogen) atoms. The second kappa shape index (κ2) is 13.2. The van der Waals surface area contributed by atoms with Gasteiger partial charge in [0.15, 0.2) is 5.78 Å². The van der Waals surface area contributed by atoms with E-state index in [9.17, 15) is 14.4 Å². The van der Waals surface area contributed by atoms with Crippen LogP contribution in [0.25, 0.3) is 0 Å². The summed E-state index contributed by atoms with van der Waals surface area (Å²) in [7, 11) is 0. The lowest BCUT2D eigenvalue weighted by atomic mass is 9.85. The third kappa shape index (κ3) is 8.61. The van der Waals surface area contributed by atoms with Gasteiger partial charge in [-0.1, -0.05) is 43.5 Å². The Morgan fingerprint density at radius 1 is 1.06 bits per heavy atom. The maximum atomic E-state index is 13.4. The first kappa shape index (κ1) is 28.2. The number of unbranched alkanes of at least 4 members (excludes halogenated alkanes) is 1. The standard InChI is InChI=1S/C29H45N3O4/c1-29(2,3)36-28(35)31-18-9-8-14-22(19-25(33)26(30)21-12-4-5-13-21)27(34)32-24-17-10-15-20-11-6-7-16-23(20)24/h6-7,11,16,21-22,24,26H,4-5,8-10,12-15,17-19,30H2,1-3H3,(H,31,35)(H,32,34)/t22-,24?,26+/m1/s1. The first-order chi connectivity index (χ1) is 17.1. The van der Waals surface area contributed by atoms with Crippen molar-refractivity contribution in [2.24, 2.45) is 17.6 Å². The number of aryl methyl sites for hydroxylation is 1. The van der Waals surface area contributed by atoms with E-state index in [1.807, 2.05) is 32.9 Å². The monoisotopic (exact) mass is 499 g/mol. The van der Waals surface area contributed by atoms with Gasteiger partial charge in [0.25, 0.3) is 0 Å². The fraction of sp³-hybridized carbons (Fsp3) is 0.690. The zero-order valence-corrected chi connectivity index (χ0v) is 22.3. The lowest BCUT2D eigenvalue weighted by Gasteiger charge is -2.28. The van der Waals surface area contributed by atoms with Crippen LogP contribution in [0, 0.1) is 11.8 Å². The molecule has 2 amide bonds. The number of carbonyl (C=O) groups is 3. The number of fused-ring (bicyclic) bond motifs is 1. The highest BCUT2D eigenvalue weighted by atomic mass is 16.6. The maximum Gasteiger partial charge on any atom is 0.407 e. The molecule has 1 aromatic carbocycles. The van der Waals surface area contributed by atoms with Crippen LogP contribution in [0.15, 0.2) is 24.3 Å². The molecule has 0 bridgehead atoms. The average molecular weight is 500 g/mol. The Hall–Kier alpha value is -2.41. The highest BCUT2D eigenvalue weighted by Gasteiger charge is 2.32. The molecule has 0 heterocycles. The summed E-state index contributed by atoms with van der Waals surface area (Å²) in [6.07, 6.45) is 8.98. The molecule has 3 atom stereocenters. The number of ether oxygens (including phenoxy) is 1. The molecule has 200 valence electrons. The highest BCUT2D eigenvalue weighted by Crippen LogP contribution is 2.31. The quantitative estimate of drug-likeness (QED) is 0.372. The van der Waals surface area contributed by atoms with Gasteiger partial charge in [-0.05, 0) is 82.8 Å². The van der Waals surface area contributed by atoms with E-state index in [0.29, 0.717) is 19.4 Å². The number of ketones is 1. The topological polar surface area (TPSA) is 111 Å². The van der Waals surface area contributed by atoms with Crippen molar-refractivity contribution in [1.82, 2.24) is 10.6 Å². The van der Waals surface area contributed by atoms with Gasteiger partial charge >= 0.3 is 6.09 Å². The van der Waals surface area contributed by atoms with Crippen molar-refractivity contribution >= 4 is 17.8 Å². The van der Waals surface area contributed by atoms with Gasteiger partial charge in [-0.15, -0.1) is 0 Å². The van der Waals surface area contributed by atoms with Crippen molar-refractivity contribution in [2.75, 3.05) is 6.54 Å². The molecular formula is C29H45N3O4. The van der Waals surface area contributed by atoms with Crippen LogP contribution in [0.4, 0.5) is 4.79 Å². The van der Waals surface area contributed by atoms with E-state index < -0.39 is 23.7 Å². The smallest absolute Gasteiger partial charge is 0.407 e. The first-order valence-corrected chi connectivity index (χ1v) is 13.8. The molecule has 0 saturated heterocycles. The Balaban J connectivity index is 1.57. The third-order valence-electron chi connectivity index (χ3n) is 7.43. The summed E-state index contributed by atoms with van der Waals surface area (Å²) in [4.78, 5) is 38.4. The largest absolute Gasteiger partial charge is 0.444 e. The van der Waals surface area contributed by atoms with E-state index in [1.54, 1.807) is 0 Å². The van der Waals surface area contributed by atoms with Crippen molar-refractivity contribution in [2.45, 2.75) is 109 Å². The number of benzene rings is 1. The minimum Gasteiger partial charge on any atom is -0.444 e. The SMILES string of the molecule is CC(C)(C)OC(=O)NCCCC[C@H](CC(=O)[C@@H](N)C1CCCC1)C(=O)NC1CCCc2ccccc21. The number of amides is 2. The fourth-order valence-corrected chi connectivity index (χ4v) is 5.50. The molecule has 1 saturated carbocycles. The van der Waals surface area contributed by atoms with Crippen LogP contribution in [-0.2, 0) is 20.7 Å². The van der Waals surface area contributed by atoms with Gasteiger partial charge < -0.3 is 21.1 Å².